The molecule has 2 aliphatic rings. The Morgan fingerprint density at radius 2 is 2.00 bits per heavy atom. The number of carbonyl (C=O) groups is 2. The number of ether oxygens (including phenoxy) is 3. The van der Waals surface area contributed by atoms with Gasteiger partial charge in [0, 0.05) is 31.3 Å². The second-order valence-electron chi connectivity index (χ2n) is 6.92. The van der Waals surface area contributed by atoms with Crippen LogP contribution in [0.1, 0.15) is 46.0 Å². The molecule has 164 valence electrons. The van der Waals surface area contributed by atoms with Crippen LogP contribution in [0.5, 0.6) is 0 Å². The van der Waals surface area contributed by atoms with Gasteiger partial charge in [-0.05, 0) is 45.6 Å². The van der Waals surface area contributed by atoms with Gasteiger partial charge in [-0.2, -0.15) is 0 Å². The molecule has 1 saturated carbocycles. The average Bonchev–Trinajstić information content (AvgIpc) is 3.42. The highest BCUT2D eigenvalue weighted by Crippen LogP contribution is 2.43. The van der Waals surface area contributed by atoms with Gasteiger partial charge in [0.2, 0.25) is 0 Å². The number of hydrogen-bond acceptors (Lipinski definition) is 9. The highest BCUT2D eigenvalue weighted by atomic mass is 16.6. The Morgan fingerprint density at radius 1 is 1.24 bits per heavy atom. The summed E-state index contributed by atoms with van der Waals surface area (Å²) in [5, 5.41) is 12.2. The van der Waals surface area contributed by atoms with Crippen molar-refractivity contribution in [1.82, 2.24) is 10.8 Å². The summed E-state index contributed by atoms with van der Waals surface area (Å²) in [5.74, 6) is -1.14. The molecular weight excluding hydrogens is 380 g/mol. The summed E-state index contributed by atoms with van der Waals surface area (Å²) >= 11 is 0. The highest BCUT2D eigenvalue weighted by molar-refractivity contribution is 5.96. The predicted octanol–water partition coefficient (Wildman–Crippen LogP) is 1.08. The van der Waals surface area contributed by atoms with Crippen molar-refractivity contribution < 1.29 is 33.7 Å². The fourth-order valence-corrected chi connectivity index (χ4v) is 3.19. The minimum absolute atomic E-state index is 0.0197. The van der Waals surface area contributed by atoms with E-state index in [1.165, 1.54) is 6.26 Å². The fourth-order valence-electron chi connectivity index (χ4n) is 3.19. The van der Waals surface area contributed by atoms with Gasteiger partial charge < -0.3 is 24.2 Å². The molecule has 0 spiro atoms. The second-order valence-corrected chi connectivity index (χ2v) is 6.92. The summed E-state index contributed by atoms with van der Waals surface area (Å²) in [6, 6.07) is 0.169. The van der Waals surface area contributed by atoms with Crippen molar-refractivity contribution in [3.05, 3.63) is 24.0 Å². The molecule has 2 atom stereocenters. The largest absolute Gasteiger partial charge is 0.463 e. The molecule has 0 aromatic rings. The van der Waals surface area contributed by atoms with Crippen LogP contribution in [0.25, 0.3) is 0 Å². The van der Waals surface area contributed by atoms with Gasteiger partial charge in [0.05, 0.1) is 24.9 Å². The van der Waals surface area contributed by atoms with Crippen LogP contribution in [0.2, 0.25) is 0 Å². The molecule has 29 heavy (non-hydrogen) atoms. The number of rotatable bonds is 14. The molecule has 2 fully saturated rings. The Hall–Kier alpha value is -1.94. The SMILES string of the molecule is CCOC(=O)/C=C(/C/C=C/ONC1NC1C1(OCCCO)CCC1)C(=O)OCC. The van der Waals surface area contributed by atoms with E-state index in [4.69, 9.17) is 24.2 Å². The van der Waals surface area contributed by atoms with Crippen molar-refractivity contribution in [2.24, 2.45) is 0 Å². The first kappa shape index (κ1) is 23.3. The molecule has 3 N–H and O–H groups in total. The van der Waals surface area contributed by atoms with Crippen LogP contribution in [0.4, 0.5) is 0 Å². The van der Waals surface area contributed by atoms with Gasteiger partial charge in [-0.25, -0.2) is 9.59 Å². The van der Waals surface area contributed by atoms with Crippen LogP contribution in [-0.4, -0.2) is 61.3 Å². The summed E-state index contributed by atoms with van der Waals surface area (Å²) in [6.07, 6.45) is 8.09. The minimum atomic E-state index is -0.583. The van der Waals surface area contributed by atoms with Gasteiger partial charge in [-0.3, -0.25) is 5.32 Å². The molecule has 1 saturated heterocycles. The van der Waals surface area contributed by atoms with Crippen molar-refractivity contribution >= 4 is 11.9 Å². The molecule has 1 aliphatic heterocycles. The first-order valence-electron chi connectivity index (χ1n) is 10.2. The van der Waals surface area contributed by atoms with E-state index in [0.29, 0.717) is 13.0 Å². The molecular formula is C20H32N2O7. The summed E-state index contributed by atoms with van der Waals surface area (Å²) in [5.41, 5.74) is 2.92. The third-order valence-corrected chi connectivity index (χ3v) is 4.86. The first-order chi connectivity index (χ1) is 14.1. The maximum Gasteiger partial charge on any atom is 0.334 e. The van der Waals surface area contributed by atoms with Crippen LogP contribution in [0.3, 0.4) is 0 Å². The van der Waals surface area contributed by atoms with Crippen molar-refractivity contribution in [1.29, 1.82) is 0 Å². The number of carbonyl (C=O) groups excluding carboxylic acids is 2. The minimum Gasteiger partial charge on any atom is -0.463 e. The van der Waals surface area contributed by atoms with E-state index in [-0.39, 0.29) is 49.6 Å². The van der Waals surface area contributed by atoms with E-state index < -0.39 is 11.9 Å². The summed E-state index contributed by atoms with van der Waals surface area (Å²) in [7, 11) is 0. The van der Waals surface area contributed by atoms with Crippen LogP contribution in [0.15, 0.2) is 24.0 Å². The van der Waals surface area contributed by atoms with Gasteiger partial charge >= 0.3 is 11.9 Å². The van der Waals surface area contributed by atoms with Gasteiger partial charge in [0.1, 0.15) is 12.4 Å². The van der Waals surface area contributed by atoms with Crippen molar-refractivity contribution in [2.45, 2.75) is 63.8 Å². The van der Waals surface area contributed by atoms with E-state index in [9.17, 15) is 9.59 Å². The summed E-state index contributed by atoms with van der Waals surface area (Å²) in [6.45, 7) is 4.52. The number of aliphatic hydroxyl groups excluding tert-OH is 1. The third kappa shape index (κ3) is 7.11. The third-order valence-electron chi connectivity index (χ3n) is 4.86. The molecule has 0 aromatic carbocycles. The number of esters is 2. The van der Waals surface area contributed by atoms with Gasteiger partial charge in [0.25, 0.3) is 0 Å². The number of hydroxylamine groups is 1. The molecule has 1 heterocycles. The van der Waals surface area contributed by atoms with Crippen molar-refractivity contribution in [2.75, 3.05) is 26.4 Å². The van der Waals surface area contributed by atoms with E-state index in [2.05, 4.69) is 10.8 Å². The van der Waals surface area contributed by atoms with E-state index >= 15 is 0 Å². The second kappa shape index (κ2) is 11.9. The Morgan fingerprint density at radius 3 is 2.62 bits per heavy atom. The lowest BCUT2D eigenvalue weighted by Gasteiger charge is -2.41. The summed E-state index contributed by atoms with van der Waals surface area (Å²) in [4.78, 5) is 28.9. The normalized spacial score (nSPS) is 22.8. The Labute approximate surface area is 171 Å². The summed E-state index contributed by atoms with van der Waals surface area (Å²) < 4.78 is 15.8. The molecule has 2 rings (SSSR count). The standard InChI is InChI=1S/C20H32N2O7/c1-3-26-16(24)14-15(19(25)27-4-2)8-5-13-29-22-18-17(21-18)20(9-6-10-20)28-12-7-11-23/h5,13-14,17-18,21-23H,3-4,6-12H2,1-2H3/b13-5+,15-14-. The quantitative estimate of drug-likeness (QED) is 0.0959. The number of hydrogen-bond donors (Lipinski definition) is 3. The van der Waals surface area contributed by atoms with Crippen LogP contribution in [-0.2, 0) is 28.6 Å². The van der Waals surface area contributed by atoms with E-state index in [0.717, 1.165) is 25.3 Å². The van der Waals surface area contributed by atoms with E-state index in [1.54, 1.807) is 19.9 Å². The van der Waals surface area contributed by atoms with Crippen LogP contribution in [0, 0.1) is 0 Å². The lowest BCUT2D eigenvalue weighted by molar-refractivity contribution is -0.141. The van der Waals surface area contributed by atoms with Crippen LogP contribution >= 0.6 is 0 Å². The maximum atomic E-state index is 11.9. The average molecular weight is 412 g/mol. The number of allylic oxidation sites excluding steroid dienone is 1. The maximum absolute atomic E-state index is 11.9. The lowest BCUT2D eigenvalue weighted by Crippen LogP contribution is -2.48. The van der Waals surface area contributed by atoms with Gasteiger partial charge in [-0.1, -0.05) is 0 Å². The molecule has 0 aromatic heterocycles. The zero-order valence-corrected chi connectivity index (χ0v) is 17.1. The van der Waals surface area contributed by atoms with Gasteiger partial charge in [0.15, 0.2) is 0 Å². The van der Waals surface area contributed by atoms with E-state index in [1.807, 2.05) is 0 Å². The molecule has 0 bridgehead atoms. The molecule has 1 aliphatic carbocycles. The zero-order valence-electron chi connectivity index (χ0n) is 17.1. The lowest BCUT2D eigenvalue weighted by atomic mass is 9.77. The van der Waals surface area contributed by atoms with Crippen molar-refractivity contribution in [3.63, 3.8) is 0 Å². The number of aliphatic hydroxyl groups is 1. The molecule has 2 unspecified atom stereocenters. The molecule has 9 nitrogen and oxygen atoms in total. The zero-order chi connectivity index (χ0) is 21.1. The number of nitrogens with one attached hydrogen (secondary N) is 2. The van der Waals surface area contributed by atoms with Crippen molar-refractivity contribution in [3.8, 4) is 0 Å². The highest BCUT2D eigenvalue weighted by Gasteiger charge is 2.57. The smallest absolute Gasteiger partial charge is 0.334 e. The van der Waals surface area contributed by atoms with Gasteiger partial charge in [-0.15, -0.1) is 5.48 Å². The molecule has 0 amide bonds. The molecule has 0 radical (unpaired) electrons. The topological polar surface area (TPSA) is 125 Å². The predicted molar refractivity (Wildman–Crippen MR) is 104 cm³/mol. The van der Waals surface area contributed by atoms with Crippen LogP contribution < -0.4 is 10.8 Å². The monoisotopic (exact) mass is 412 g/mol. The Kier molecular flexibility index (Phi) is 9.59. The fraction of sp³-hybridized carbons (Fsp3) is 0.700. The Bertz CT molecular complexity index is 602. The molecule has 9 heteroatoms. The first-order valence-corrected chi connectivity index (χ1v) is 10.2. The Balaban J connectivity index is 1.75.